The van der Waals surface area contributed by atoms with Crippen molar-refractivity contribution in [1.29, 1.82) is 0 Å². The number of sulfonamides is 1. The molecule has 0 unspecified atom stereocenters. The van der Waals surface area contributed by atoms with E-state index in [1.807, 2.05) is 6.92 Å². The molecule has 1 fully saturated rings. The number of amides is 1. The van der Waals surface area contributed by atoms with Gasteiger partial charge in [0.05, 0.1) is 11.5 Å². The highest BCUT2D eigenvalue weighted by molar-refractivity contribution is 7.89. The molecule has 156 valence electrons. The van der Waals surface area contributed by atoms with Crippen molar-refractivity contribution >= 4 is 21.9 Å². The summed E-state index contributed by atoms with van der Waals surface area (Å²) in [6.07, 6.45) is 4.22. The van der Waals surface area contributed by atoms with E-state index in [9.17, 15) is 18.0 Å². The Bertz CT molecular complexity index is 763. The summed E-state index contributed by atoms with van der Waals surface area (Å²) in [6, 6.07) is 5.94. The molecule has 1 aromatic rings. The van der Waals surface area contributed by atoms with Gasteiger partial charge in [-0.05, 0) is 49.9 Å². The molecule has 1 aromatic carbocycles. The van der Waals surface area contributed by atoms with Crippen LogP contribution in [-0.4, -0.2) is 46.1 Å². The second kappa shape index (κ2) is 10.4. The Morgan fingerprint density at radius 2 is 1.82 bits per heavy atom. The second-order valence-corrected chi connectivity index (χ2v) is 8.59. The van der Waals surface area contributed by atoms with Crippen LogP contribution in [0.4, 0.5) is 0 Å². The normalized spacial score (nSPS) is 19.6. The molecule has 2 atom stereocenters. The zero-order chi connectivity index (χ0) is 20.6. The lowest BCUT2D eigenvalue weighted by molar-refractivity contribution is -0.147. The molecule has 0 aliphatic heterocycles. The lowest BCUT2D eigenvalue weighted by atomic mass is 9.86. The van der Waals surface area contributed by atoms with Crippen LogP contribution < -0.4 is 14.8 Å². The molecule has 1 aliphatic rings. The van der Waals surface area contributed by atoms with Gasteiger partial charge in [0, 0.05) is 6.04 Å². The lowest BCUT2D eigenvalue weighted by Gasteiger charge is -2.29. The monoisotopic (exact) mass is 412 g/mol. The van der Waals surface area contributed by atoms with Crippen LogP contribution in [0.25, 0.3) is 0 Å². The molecule has 2 N–H and O–H groups in total. The Morgan fingerprint density at radius 1 is 1.14 bits per heavy atom. The number of benzene rings is 1. The number of carbonyl (C=O) groups is 2. The maximum atomic E-state index is 12.2. The average Bonchev–Trinajstić information content (AvgIpc) is 2.67. The van der Waals surface area contributed by atoms with E-state index in [0.29, 0.717) is 18.3 Å². The Morgan fingerprint density at radius 3 is 2.46 bits per heavy atom. The van der Waals surface area contributed by atoms with Crippen LogP contribution in [0.15, 0.2) is 29.2 Å². The van der Waals surface area contributed by atoms with Crippen molar-refractivity contribution in [3.8, 4) is 5.75 Å². The van der Waals surface area contributed by atoms with Gasteiger partial charge in [0.25, 0.3) is 5.91 Å². The first-order valence-electron chi connectivity index (χ1n) is 9.49. The molecule has 28 heavy (non-hydrogen) atoms. The molecule has 1 amide bonds. The summed E-state index contributed by atoms with van der Waals surface area (Å²) in [4.78, 5) is 23.7. The van der Waals surface area contributed by atoms with E-state index < -0.39 is 29.1 Å². The van der Waals surface area contributed by atoms with Crippen molar-refractivity contribution in [3.63, 3.8) is 0 Å². The quantitative estimate of drug-likeness (QED) is 0.596. The summed E-state index contributed by atoms with van der Waals surface area (Å²) >= 11 is 0. The summed E-state index contributed by atoms with van der Waals surface area (Å²) in [5.74, 6) is -0.240. The predicted molar refractivity (Wildman–Crippen MR) is 103 cm³/mol. The maximum Gasteiger partial charge on any atom is 0.321 e. The summed E-state index contributed by atoms with van der Waals surface area (Å²) in [5.41, 5.74) is 0. The van der Waals surface area contributed by atoms with Crippen LogP contribution in [0.2, 0.25) is 0 Å². The number of hydrogen-bond acceptors (Lipinski definition) is 6. The fraction of sp³-hybridized carbons (Fsp3) is 0.579. The average molecular weight is 413 g/mol. The van der Waals surface area contributed by atoms with Crippen LogP contribution in [0.5, 0.6) is 5.75 Å². The van der Waals surface area contributed by atoms with E-state index in [-0.39, 0.29) is 16.8 Å². The van der Waals surface area contributed by atoms with E-state index in [4.69, 9.17) is 9.47 Å². The van der Waals surface area contributed by atoms with Crippen LogP contribution in [0.3, 0.4) is 0 Å². The van der Waals surface area contributed by atoms with Crippen molar-refractivity contribution in [1.82, 2.24) is 10.0 Å². The van der Waals surface area contributed by atoms with Crippen molar-refractivity contribution in [2.75, 3.05) is 19.8 Å². The predicted octanol–water partition coefficient (Wildman–Crippen LogP) is 1.60. The molecule has 0 bridgehead atoms. The highest BCUT2D eigenvalue weighted by Crippen LogP contribution is 2.23. The van der Waals surface area contributed by atoms with Crippen molar-refractivity contribution in [2.45, 2.75) is 50.5 Å². The van der Waals surface area contributed by atoms with Gasteiger partial charge in [-0.25, -0.2) is 8.42 Å². The first-order valence-corrected chi connectivity index (χ1v) is 11.0. The first-order chi connectivity index (χ1) is 13.3. The lowest BCUT2D eigenvalue weighted by Crippen LogP contribution is -2.43. The minimum atomic E-state index is -3.86. The third-order valence-corrected chi connectivity index (χ3v) is 6.09. The SMILES string of the molecule is CCOc1ccc(S(=O)(=O)NCC(=O)OCC(=O)N[C@H]2CCCC[C@@H]2C)cc1. The van der Waals surface area contributed by atoms with Gasteiger partial charge in [-0.15, -0.1) is 0 Å². The van der Waals surface area contributed by atoms with E-state index in [1.165, 1.54) is 24.3 Å². The Labute approximate surface area is 166 Å². The summed E-state index contributed by atoms with van der Waals surface area (Å²) in [5, 5.41) is 2.87. The molecule has 2 rings (SSSR count). The zero-order valence-corrected chi connectivity index (χ0v) is 17.1. The Kier molecular flexibility index (Phi) is 8.25. The largest absolute Gasteiger partial charge is 0.494 e. The molecule has 1 saturated carbocycles. The molecule has 9 heteroatoms. The van der Waals surface area contributed by atoms with E-state index in [0.717, 1.165) is 25.7 Å². The minimum absolute atomic E-state index is 0.00721. The molecule has 1 aliphatic carbocycles. The molecule has 0 aromatic heterocycles. The van der Waals surface area contributed by atoms with Gasteiger partial charge in [0.1, 0.15) is 12.3 Å². The molecule has 0 spiro atoms. The summed E-state index contributed by atoms with van der Waals surface area (Å²) in [6.45, 7) is 3.42. The third kappa shape index (κ3) is 6.79. The molecular weight excluding hydrogens is 384 g/mol. The van der Waals surface area contributed by atoms with Crippen molar-refractivity contribution in [3.05, 3.63) is 24.3 Å². The molecule has 8 nitrogen and oxygen atoms in total. The molecule has 0 saturated heterocycles. The van der Waals surface area contributed by atoms with Crippen molar-refractivity contribution < 1.29 is 27.5 Å². The Balaban J connectivity index is 1.75. The number of nitrogens with one attached hydrogen (secondary N) is 2. The van der Waals surface area contributed by atoms with Gasteiger partial charge in [0.15, 0.2) is 6.61 Å². The van der Waals surface area contributed by atoms with Gasteiger partial charge in [-0.1, -0.05) is 19.8 Å². The fourth-order valence-electron chi connectivity index (χ4n) is 3.10. The van der Waals surface area contributed by atoms with Gasteiger partial charge >= 0.3 is 5.97 Å². The van der Waals surface area contributed by atoms with E-state index in [1.54, 1.807) is 0 Å². The second-order valence-electron chi connectivity index (χ2n) is 6.83. The number of rotatable bonds is 9. The van der Waals surface area contributed by atoms with E-state index >= 15 is 0 Å². The zero-order valence-electron chi connectivity index (χ0n) is 16.3. The highest BCUT2D eigenvalue weighted by atomic mass is 32.2. The number of esters is 1. The standard InChI is InChI=1S/C19H28N2O6S/c1-3-26-15-8-10-16(11-9-15)28(24,25)20-12-19(23)27-13-18(22)21-17-7-5-4-6-14(17)2/h8-11,14,17,20H,3-7,12-13H2,1-2H3,(H,21,22)/t14-,17-/m0/s1. The summed E-state index contributed by atoms with van der Waals surface area (Å²) < 4.78 is 36.7. The summed E-state index contributed by atoms with van der Waals surface area (Å²) in [7, 11) is -3.86. The van der Waals surface area contributed by atoms with Crippen LogP contribution in [0.1, 0.15) is 39.5 Å². The number of ether oxygens (including phenoxy) is 2. The number of carbonyl (C=O) groups excluding carboxylic acids is 2. The minimum Gasteiger partial charge on any atom is -0.494 e. The molecule has 0 heterocycles. The van der Waals surface area contributed by atoms with E-state index in [2.05, 4.69) is 17.0 Å². The van der Waals surface area contributed by atoms with Crippen LogP contribution in [0, 0.1) is 5.92 Å². The molecular formula is C19H28N2O6S. The first kappa shape index (κ1) is 22.2. The van der Waals surface area contributed by atoms with Crippen molar-refractivity contribution in [2.24, 2.45) is 5.92 Å². The van der Waals surface area contributed by atoms with Gasteiger partial charge in [0.2, 0.25) is 10.0 Å². The Hall–Kier alpha value is -2.13. The number of hydrogen-bond donors (Lipinski definition) is 2. The van der Waals surface area contributed by atoms with Gasteiger partial charge in [-0.3, -0.25) is 9.59 Å². The topological polar surface area (TPSA) is 111 Å². The van der Waals surface area contributed by atoms with Gasteiger partial charge < -0.3 is 14.8 Å². The fourth-order valence-corrected chi connectivity index (χ4v) is 4.06. The molecule has 0 radical (unpaired) electrons. The van der Waals surface area contributed by atoms with Gasteiger partial charge in [-0.2, -0.15) is 4.72 Å². The maximum absolute atomic E-state index is 12.2. The highest BCUT2D eigenvalue weighted by Gasteiger charge is 2.23. The smallest absolute Gasteiger partial charge is 0.321 e. The van der Waals surface area contributed by atoms with Crippen LogP contribution >= 0.6 is 0 Å². The van der Waals surface area contributed by atoms with Crippen LogP contribution in [-0.2, 0) is 24.3 Å². The third-order valence-electron chi connectivity index (χ3n) is 4.67.